The molecule has 0 fully saturated rings. The molecule has 0 bridgehead atoms. The molecule has 0 saturated carbocycles. The lowest BCUT2D eigenvalue weighted by Gasteiger charge is -2.09. The van der Waals surface area contributed by atoms with Crippen molar-refractivity contribution < 1.29 is 14.3 Å². The summed E-state index contributed by atoms with van der Waals surface area (Å²) in [7, 11) is 0. The second kappa shape index (κ2) is 7.42. The number of aliphatic carboxylic acids is 1. The molecule has 1 N–H and O–H groups in total. The number of halogens is 2. The first-order valence-corrected chi connectivity index (χ1v) is 7.74. The number of rotatable bonds is 6. The van der Waals surface area contributed by atoms with Crippen molar-refractivity contribution in [3.8, 4) is 5.69 Å². The first-order chi connectivity index (χ1) is 10.9. The van der Waals surface area contributed by atoms with Crippen LogP contribution in [0.2, 0.25) is 0 Å². The van der Waals surface area contributed by atoms with Crippen LogP contribution in [0.1, 0.15) is 24.6 Å². The number of benzene rings is 1. The zero-order valence-corrected chi connectivity index (χ0v) is 13.7. The lowest BCUT2D eigenvalue weighted by Crippen LogP contribution is -2.07. The Balaban J connectivity index is 2.31. The van der Waals surface area contributed by atoms with E-state index in [4.69, 9.17) is 11.6 Å². The molecule has 2 rings (SSSR count). The van der Waals surface area contributed by atoms with Crippen LogP contribution < -0.4 is 0 Å². The van der Waals surface area contributed by atoms with E-state index in [1.807, 2.05) is 13.8 Å². The number of nitrogens with zero attached hydrogens (tertiary/aromatic N) is 2. The largest absolute Gasteiger partial charge is 0.478 e. The van der Waals surface area contributed by atoms with Crippen LogP contribution in [0.3, 0.4) is 0 Å². The average Bonchev–Trinajstić information content (AvgIpc) is 2.92. The van der Waals surface area contributed by atoms with E-state index in [0.717, 1.165) is 5.69 Å². The Morgan fingerprint density at radius 2 is 2.26 bits per heavy atom. The van der Waals surface area contributed by atoms with E-state index in [-0.39, 0.29) is 11.5 Å². The van der Waals surface area contributed by atoms with E-state index in [0.29, 0.717) is 23.6 Å². The molecule has 1 aromatic carbocycles. The first-order valence-electron chi connectivity index (χ1n) is 7.21. The zero-order valence-electron chi connectivity index (χ0n) is 13.0. The smallest absolute Gasteiger partial charge is 0.331 e. The molecule has 0 aliphatic carbocycles. The van der Waals surface area contributed by atoms with E-state index in [1.54, 1.807) is 22.9 Å². The molecule has 1 aromatic heterocycles. The van der Waals surface area contributed by atoms with Crippen molar-refractivity contribution in [1.82, 2.24) is 9.55 Å². The van der Waals surface area contributed by atoms with Crippen molar-refractivity contribution in [3.05, 3.63) is 53.4 Å². The summed E-state index contributed by atoms with van der Waals surface area (Å²) in [6, 6.07) is 4.60. The third-order valence-corrected chi connectivity index (χ3v) is 3.94. The van der Waals surface area contributed by atoms with Gasteiger partial charge in [-0.25, -0.2) is 14.2 Å². The number of aryl methyl sites for hydroxylation is 1. The van der Waals surface area contributed by atoms with Gasteiger partial charge >= 0.3 is 5.97 Å². The Bertz CT molecular complexity index is 740. The number of alkyl halides is 1. The minimum Gasteiger partial charge on any atom is -0.478 e. The van der Waals surface area contributed by atoms with Gasteiger partial charge < -0.3 is 9.67 Å². The second-order valence-corrected chi connectivity index (χ2v) is 5.88. The van der Waals surface area contributed by atoms with Crippen molar-refractivity contribution >= 4 is 23.6 Å². The third-order valence-electron chi connectivity index (χ3n) is 3.41. The molecule has 4 nitrogen and oxygen atoms in total. The maximum Gasteiger partial charge on any atom is 0.331 e. The number of carboxylic acid groups (broad SMARTS) is 1. The predicted molar refractivity (Wildman–Crippen MR) is 88.4 cm³/mol. The number of carboxylic acids is 1. The van der Waals surface area contributed by atoms with Crippen LogP contribution in [0.4, 0.5) is 4.39 Å². The van der Waals surface area contributed by atoms with Gasteiger partial charge in [-0.1, -0.05) is 13.0 Å². The molecule has 0 aliphatic heterocycles. The highest BCUT2D eigenvalue weighted by Crippen LogP contribution is 2.20. The summed E-state index contributed by atoms with van der Waals surface area (Å²) < 4.78 is 15.9. The van der Waals surface area contributed by atoms with Gasteiger partial charge in [0, 0.05) is 17.6 Å². The summed E-state index contributed by atoms with van der Waals surface area (Å²) in [5.41, 5.74) is 1.87. The monoisotopic (exact) mass is 336 g/mol. The minimum atomic E-state index is -1.02. The molecule has 0 aliphatic rings. The molecule has 1 heterocycles. The molecule has 2 aromatic rings. The number of hydrogen-bond donors (Lipinski definition) is 1. The Morgan fingerprint density at radius 3 is 2.78 bits per heavy atom. The molecule has 23 heavy (non-hydrogen) atoms. The van der Waals surface area contributed by atoms with Gasteiger partial charge in [0.2, 0.25) is 0 Å². The van der Waals surface area contributed by atoms with Gasteiger partial charge in [-0.2, -0.15) is 0 Å². The number of carbonyl (C=O) groups is 1. The minimum absolute atomic E-state index is 0.0389. The molecular formula is C17H18ClFN2O2. The number of imidazole rings is 1. The Kier molecular flexibility index (Phi) is 5.55. The maximum absolute atomic E-state index is 14.3. The van der Waals surface area contributed by atoms with Crippen molar-refractivity contribution in [2.24, 2.45) is 5.92 Å². The van der Waals surface area contributed by atoms with Crippen molar-refractivity contribution in [3.63, 3.8) is 0 Å². The molecule has 6 heteroatoms. The molecule has 0 saturated heterocycles. The van der Waals surface area contributed by atoms with Crippen LogP contribution in [-0.2, 0) is 4.79 Å². The van der Waals surface area contributed by atoms with E-state index in [2.05, 4.69) is 4.98 Å². The Morgan fingerprint density at radius 1 is 1.52 bits per heavy atom. The molecular weight excluding hydrogens is 319 g/mol. The third kappa shape index (κ3) is 4.42. The van der Waals surface area contributed by atoms with Crippen molar-refractivity contribution in [2.75, 3.05) is 5.88 Å². The lowest BCUT2D eigenvalue weighted by molar-refractivity contribution is -0.132. The van der Waals surface area contributed by atoms with Crippen molar-refractivity contribution in [1.29, 1.82) is 0 Å². The average molecular weight is 337 g/mol. The van der Waals surface area contributed by atoms with Gasteiger partial charge in [0.05, 0.1) is 17.7 Å². The summed E-state index contributed by atoms with van der Waals surface area (Å²) >= 11 is 5.73. The van der Waals surface area contributed by atoms with Gasteiger partial charge in [0.1, 0.15) is 5.82 Å². The highest BCUT2D eigenvalue weighted by Gasteiger charge is 2.13. The zero-order chi connectivity index (χ0) is 17.0. The van der Waals surface area contributed by atoms with E-state index in [1.165, 1.54) is 18.5 Å². The van der Waals surface area contributed by atoms with Crippen LogP contribution in [-0.4, -0.2) is 26.5 Å². The van der Waals surface area contributed by atoms with E-state index >= 15 is 0 Å². The van der Waals surface area contributed by atoms with Crippen LogP contribution in [0.5, 0.6) is 0 Å². The Labute approximate surface area is 139 Å². The van der Waals surface area contributed by atoms with Crippen LogP contribution in [0, 0.1) is 18.7 Å². The number of hydrogen-bond acceptors (Lipinski definition) is 2. The Hall–Kier alpha value is -2.14. The van der Waals surface area contributed by atoms with Crippen LogP contribution >= 0.6 is 11.6 Å². The van der Waals surface area contributed by atoms with Gasteiger partial charge in [-0.05, 0) is 43.0 Å². The van der Waals surface area contributed by atoms with E-state index < -0.39 is 11.8 Å². The fraction of sp³-hybridized carbons (Fsp3) is 0.294. The standard InChI is InChI=1S/C17H18ClFN2O2/c1-11(8-18)5-14(17(22)23)6-13-3-4-16(15(19)7-13)21-9-12(2)20-10-21/h3-4,6-7,9-11H,5,8H2,1-2H3,(H,22,23)/b14-6+/t11-/m0/s1. The fourth-order valence-corrected chi connectivity index (χ4v) is 2.32. The molecule has 0 unspecified atom stereocenters. The summed E-state index contributed by atoms with van der Waals surface area (Å²) in [6.07, 6.45) is 5.08. The highest BCUT2D eigenvalue weighted by atomic mass is 35.5. The molecule has 0 radical (unpaired) electrons. The molecule has 122 valence electrons. The SMILES string of the molecule is Cc1cn(-c2ccc(/C=C(\C[C@H](C)CCl)C(=O)O)cc2F)cn1. The molecule has 0 spiro atoms. The second-order valence-electron chi connectivity index (χ2n) is 5.57. The fourth-order valence-electron chi connectivity index (χ4n) is 2.21. The molecule has 0 amide bonds. The highest BCUT2D eigenvalue weighted by molar-refractivity contribution is 6.18. The van der Waals surface area contributed by atoms with Gasteiger partial charge in [-0.3, -0.25) is 0 Å². The maximum atomic E-state index is 14.3. The quantitative estimate of drug-likeness (QED) is 0.639. The number of aromatic nitrogens is 2. The summed E-state index contributed by atoms with van der Waals surface area (Å²) in [5.74, 6) is -1.04. The van der Waals surface area contributed by atoms with Gasteiger partial charge in [-0.15, -0.1) is 11.6 Å². The van der Waals surface area contributed by atoms with Gasteiger partial charge in [0.25, 0.3) is 0 Å². The summed E-state index contributed by atoms with van der Waals surface area (Å²) in [4.78, 5) is 15.4. The van der Waals surface area contributed by atoms with Crippen molar-refractivity contribution in [2.45, 2.75) is 20.3 Å². The molecule has 1 atom stereocenters. The van der Waals surface area contributed by atoms with Crippen LogP contribution in [0.15, 0.2) is 36.3 Å². The van der Waals surface area contributed by atoms with E-state index in [9.17, 15) is 14.3 Å². The summed E-state index contributed by atoms with van der Waals surface area (Å²) in [6.45, 7) is 3.69. The lowest BCUT2D eigenvalue weighted by atomic mass is 10.0. The summed E-state index contributed by atoms with van der Waals surface area (Å²) in [5, 5.41) is 9.27. The normalized spacial score (nSPS) is 13.1. The first kappa shape index (κ1) is 17.2. The predicted octanol–water partition coefficient (Wildman–Crippen LogP) is 4.05. The van der Waals surface area contributed by atoms with Gasteiger partial charge in [0.15, 0.2) is 0 Å². The van der Waals surface area contributed by atoms with Crippen LogP contribution in [0.25, 0.3) is 11.8 Å². The topological polar surface area (TPSA) is 55.1 Å².